The van der Waals surface area contributed by atoms with Crippen LogP contribution in [0.2, 0.25) is 0 Å². The molecule has 0 saturated carbocycles. The van der Waals surface area contributed by atoms with Crippen molar-refractivity contribution in [3.05, 3.63) is 52.8 Å². The zero-order valence-electron chi connectivity index (χ0n) is 19.4. The quantitative estimate of drug-likeness (QED) is 0.457. The first kappa shape index (κ1) is 25.1. The van der Waals surface area contributed by atoms with E-state index in [1.54, 1.807) is 21.0 Å². The van der Waals surface area contributed by atoms with E-state index in [1.165, 1.54) is 47.0 Å². The van der Waals surface area contributed by atoms with E-state index in [9.17, 15) is 13.2 Å². The van der Waals surface area contributed by atoms with E-state index in [0.29, 0.717) is 30.1 Å². The predicted molar refractivity (Wildman–Crippen MR) is 129 cm³/mol. The molecule has 0 unspecified atom stereocenters. The van der Waals surface area contributed by atoms with E-state index < -0.39 is 15.9 Å². The summed E-state index contributed by atoms with van der Waals surface area (Å²) in [6, 6.07) is 11.5. The van der Waals surface area contributed by atoms with Crippen LogP contribution < -0.4 is 9.54 Å². The average molecular weight is 492 g/mol. The Morgan fingerprint density at radius 1 is 1.18 bits per heavy atom. The predicted octanol–water partition coefficient (Wildman–Crippen LogP) is 3.52. The maximum absolute atomic E-state index is 12.9. The molecular formula is C23H29N3O5S2. The van der Waals surface area contributed by atoms with Crippen LogP contribution in [0.5, 0.6) is 5.75 Å². The molecule has 0 radical (unpaired) electrons. The van der Waals surface area contributed by atoms with Crippen LogP contribution in [0.3, 0.4) is 0 Å². The van der Waals surface area contributed by atoms with Gasteiger partial charge in [0.2, 0.25) is 10.0 Å². The molecule has 33 heavy (non-hydrogen) atoms. The number of sulfonamides is 1. The SMILES string of the molecule is CCOc1ccc2c(c1)sc(=NC(=O)c1ccc(S(=O)(=O)N(C)C(C)C)cc1)n2CCOC. The summed E-state index contributed by atoms with van der Waals surface area (Å²) in [6.07, 6.45) is 0. The van der Waals surface area contributed by atoms with Crippen LogP contribution >= 0.6 is 11.3 Å². The molecule has 0 aliphatic carbocycles. The number of rotatable bonds is 9. The normalized spacial score (nSPS) is 12.8. The Hall–Kier alpha value is -2.53. The number of benzene rings is 2. The van der Waals surface area contributed by atoms with Crippen LogP contribution in [0.15, 0.2) is 52.4 Å². The number of hydrogen-bond acceptors (Lipinski definition) is 6. The van der Waals surface area contributed by atoms with Gasteiger partial charge in [0, 0.05) is 32.3 Å². The van der Waals surface area contributed by atoms with Crippen LogP contribution in [0.4, 0.5) is 0 Å². The smallest absolute Gasteiger partial charge is 0.279 e. The zero-order chi connectivity index (χ0) is 24.2. The summed E-state index contributed by atoms with van der Waals surface area (Å²) in [6.45, 7) is 7.10. The molecule has 0 bridgehead atoms. The van der Waals surface area contributed by atoms with Gasteiger partial charge < -0.3 is 14.0 Å². The highest BCUT2D eigenvalue weighted by atomic mass is 32.2. The minimum atomic E-state index is -3.62. The van der Waals surface area contributed by atoms with Gasteiger partial charge in [0.1, 0.15) is 5.75 Å². The van der Waals surface area contributed by atoms with E-state index >= 15 is 0 Å². The molecule has 0 spiro atoms. The van der Waals surface area contributed by atoms with Gasteiger partial charge in [-0.1, -0.05) is 11.3 Å². The molecule has 0 aliphatic rings. The van der Waals surface area contributed by atoms with Gasteiger partial charge in [-0.15, -0.1) is 0 Å². The maximum atomic E-state index is 12.9. The minimum Gasteiger partial charge on any atom is -0.494 e. The number of amides is 1. The fraction of sp³-hybridized carbons (Fsp3) is 0.391. The number of hydrogen-bond donors (Lipinski definition) is 0. The number of carbonyl (C=O) groups excluding carboxylic acids is 1. The van der Waals surface area contributed by atoms with Gasteiger partial charge in [0.25, 0.3) is 5.91 Å². The Kier molecular flexibility index (Phi) is 8.06. The van der Waals surface area contributed by atoms with Crippen LogP contribution in [-0.4, -0.2) is 56.6 Å². The van der Waals surface area contributed by atoms with Crippen molar-refractivity contribution in [2.24, 2.45) is 4.99 Å². The van der Waals surface area contributed by atoms with Gasteiger partial charge in [-0.25, -0.2) is 8.42 Å². The van der Waals surface area contributed by atoms with Crippen molar-refractivity contribution >= 4 is 37.5 Å². The van der Waals surface area contributed by atoms with Gasteiger partial charge in [-0.3, -0.25) is 4.79 Å². The van der Waals surface area contributed by atoms with Crippen molar-refractivity contribution in [2.75, 3.05) is 27.4 Å². The van der Waals surface area contributed by atoms with E-state index in [0.717, 1.165) is 16.0 Å². The number of aromatic nitrogens is 1. The molecule has 10 heteroatoms. The summed E-state index contributed by atoms with van der Waals surface area (Å²) in [5, 5.41) is 0. The zero-order valence-corrected chi connectivity index (χ0v) is 21.1. The summed E-state index contributed by atoms with van der Waals surface area (Å²) < 4.78 is 40.3. The van der Waals surface area contributed by atoms with Gasteiger partial charge >= 0.3 is 0 Å². The molecule has 3 aromatic rings. The number of thiazole rings is 1. The molecule has 1 aromatic heterocycles. The summed E-state index contributed by atoms with van der Waals surface area (Å²) in [5.41, 5.74) is 1.25. The lowest BCUT2D eigenvalue weighted by Gasteiger charge is -2.20. The molecule has 2 aromatic carbocycles. The summed E-state index contributed by atoms with van der Waals surface area (Å²) >= 11 is 1.39. The van der Waals surface area contributed by atoms with Crippen molar-refractivity contribution in [3.8, 4) is 5.75 Å². The molecule has 0 saturated heterocycles. The monoisotopic (exact) mass is 491 g/mol. The van der Waals surface area contributed by atoms with E-state index in [2.05, 4.69) is 4.99 Å². The Balaban J connectivity index is 1.98. The fourth-order valence-corrected chi connectivity index (χ4v) is 5.61. The molecule has 178 valence electrons. The number of ether oxygens (including phenoxy) is 2. The number of methoxy groups -OCH3 is 1. The molecule has 0 fully saturated rings. The molecular weight excluding hydrogens is 462 g/mol. The lowest BCUT2D eigenvalue weighted by atomic mass is 10.2. The Morgan fingerprint density at radius 2 is 1.88 bits per heavy atom. The van der Waals surface area contributed by atoms with E-state index in [-0.39, 0.29) is 10.9 Å². The van der Waals surface area contributed by atoms with Crippen molar-refractivity contribution in [3.63, 3.8) is 0 Å². The van der Waals surface area contributed by atoms with Crippen LogP contribution in [-0.2, 0) is 21.3 Å². The third kappa shape index (κ3) is 5.52. The van der Waals surface area contributed by atoms with Crippen molar-refractivity contribution < 1.29 is 22.7 Å². The maximum Gasteiger partial charge on any atom is 0.279 e. The Morgan fingerprint density at radius 3 is 2.48 bits per heavy atom. The number of nitrogens with zero attached hydrogens (tertiary/aromatic N) is 3. The molecule has 3 rings (SSSR count). The number of fused-ring (bicyclic) bond motifs is 1. The second-order valence-corrected chi connectivity index (χ2v) is 10.7. The summed E-state index contributed by atoms with van der Waals surface area (Å²) in [4.78, 5) is 17.9. The highest BCUT2D eigenvalue weighted by Crippen LogP contribution is 2.24. The molecule has 0 atom stereocenters. The Labute approximate surface area is 198 Å². The second-order valence-electron chi connectivity index (χ2n) is 7.65. The third-order valence-electron chi connectivity index (χ3n) is 5.19. The van der Waals surface area contributed by atoms with Crippen LogP contribution in [0.1, 0.15) is 31.1 Å². The largest absolute Gasteiger partial charge is 0.494 e. The highest BCUT2D eigenvalue weighted by molar-refractivity contribution is 7.89. The lowest BCUT2D eigenvalue weighted by molar-refractivity contribution is 0.0997. The van der Waals surface area contributed by atoms with Gasteiger partial charge in [-0.05, 0) is 63.2 Å². The first-order valence-corrected chi connectivity index (χ1v) is 12.9. The van der Waals surface area contributed by atoms with Crippen molar-refractivity contribution in [1.29, 1.82) is 0 Å². The third-order valence-corrected chi connectivity index (χ3v) is 8.28. The molecule has 8 nitrogen and oxygen atoms in total. The summed E-state index contributed by atoms with van der Waals surface area (Å²) in [7, 11) is -0.464. The highest BCUT2D eigenvalue weighted by Gasteiger charge is 2.23. The van der Waals surface area contributed by atoms with Gasteiger partial charge in [0.05, 0.1) is 28.3 Å². The number of carbonyl (C=O) groups is 1. The summed E-state index contributed by atoms with van der Waals surface area (Å²) in [5.74, 6) is 0.310. The average Bonchev–Trinajstić information content (AvgIpc) is 3.13. The lowest BCUT2D eigenvalue weighted by Crippen LogP contribution is -2.33. The van der Waals surface area contributed by atoms with Crippen molar-refractivity contribution in [2.45, 2.75) is 38.3 Å². The minimum absolute atomic E-state index is 0.135. The molecule has 1 amide bonds. The van der Waals surface area contributed by atoms with E-state index in [1.807, 2.05) is 29.7 Å². The van der Waals surface area contributed by atoms with Gasteiger partial charge in [0.15, 0.2) is 4.80 Å². The topological polar surface area (TPSA) is 90.2 Å². The van der Waals surface area contributed by atoms with Crippen molar-refractivity contribution in [1.82, 2.24) is 8.87 Å². The molecule has 1 heterocycles. The standard InChI is InChI=1S/C23H29N3O5S2/c1-6-31-18-9-12-20-21(15-18)32-23(26(20)13-14-30-5)24-22(27)17-7-10-19(11-8-17)33(28,29)25(4)16(2)3/h7-12,15-16H,6,13-14H2,1-5H3. The van der Waals surface area contributed by atoms with Crippen LogP contribution in [0, 0.1) is 0 Å². The first-order chi connectivity index (χ1) is 15.7. The molecule has 0 N–H and O–H groups in total. The Bertz CT molecular complexity index is 1290. The fourth-order valence-electron chi connectivity index (χ4n) is 3.16. The second kappa shape index (κ2) is 10.6. The van der Waals surface area contributed by atoms with E-state index in [4.69, 9.17) is 9.47 Å². The van der Waals surface area contributed by atoms with Crippen LogP contribution in [0.25, 0.3) is 10.2 Å². The van der Waals surface area contributed by atoms with Gasteiger partial charge in [-0.2, -0.15) is 9.30 Å². The first-order valence-electron chi connectivity index (χ1n) is 10.6. The molecule has 0 aliphatic heterocycles.